The maximum absolute atomic E-state index is 12.8. The number of aromatic carboxylic acids is 1. The lowest BCUT2D eigenvalue weighted by Gasteiger charge is -2.47. The first-order chi connectivity index (χ1) is 27.2. The molecular formula is C38H46N2O17. The molecule has 1 amide bonds. The van der Waals surface area contributed by atoms with E-state index in [0.717, 1.165) is 16.7 Å². The van der Waals surface area contributed by atoms with Gasteiger partial charge < -0.3 is 80.3 Å². The monoisotopic (exact) mass is 802 g/mol. The molecule has 2 fully saturated rings. The van der Waals surface area contributed by atoms with Crippen LogP contribution in [0.25, 0.3) is 11.1 Å². The van der Waals surface area contributed by atoms with Crippen molar-refractivity contribution in [1.82, 2.24) is 10.6 Å². The number of rotatable bonds is 17. The zero-order valence-corrected chi connectivity index (χ0v) is 30.5. The number of benzene rings is 3. The Bertz CT molecular complexity index is 1800. The molecule has 5 rings (SSSR count). The number of aliphatic carboxylic acids is 1. The summed E-state index contributed by atoms with van der Waals surface area (Å²) < 4.78 is 27.8. The van der Waals surface area contributed by atoms with Crippen LogP contribution in [0, 0.1) is 0 Å². The quantitative estimate of drug-likeness (QED) is 0.0716. The molecule has 57 heavy (non-hydrogen) atoms. The highest BCUT2D eigenvalue weighted by molar-refractivity contribution is 5.88. The fraction of sp³-hybridized carbons (Fsp3) is 0.447. The fourth-order valence-corrected chi connectivity index (χ4v) is 6.43. The van der Waals surface area contributed by atoms with Crippen LogP contribution >= 0.6 is 0 Å². The van der Waals surface area contributed by atoms with Crippen LogP contribution in [0.4, 0.5) is 0 Å². The van der Waals surface area contributed by atoms with Gasteiger partial charge in [0.05, 0.1) is 37.5 Å². The summed E-state index contributed by atoms with van der Waals surface area (Å²) in [6.07, 6.45) is -16.8. The first kappa shape index (κ1) is 43.4. The molecule has 0 saturated carbocycles. The smallest absolute Gasteiger partial charge is 0.364 e. The Morgan fingerprint density at radius 1 is 0.860 bits per heavy atom. The van der Waals surface area contributed by atoms with Gasteiger partial charge >= 0.3 is 11.9 Å². The van der Waals surface area contributed by atoms with Gasteiger partial charge in [-0.1, -0.05) is 36.4 Å². The van der Waals surface area contributed by atoms with Crippen molar-refractivity contribution in [2.45, 2.75) is 79.9 Å². The van der Waals surface area contributed by atoms with Crippen molar-refractivity contribution in [3.63, 3.8) is 0 Å². The maximum atomic E-state index is 12.8. The van der Waals surface area contributed by atoms with Crippen molar-refractivity contribution < 1.29 is 84.0 Å². The second-order valence-corrected chi connectivity index (χ2v) is 13.6. The molecule has 2 aliphatic heterocycles. The van der Waals surface area contributed by atoms with Crippen molar-refractivity contribution in [2.24, 2.45) is 0 Å². The Kier molecular flexibility index (Phi) is 14.5. The zero-order valence-electron chi connectivity index (χ0n) is 30.5. The van der Waals surface area contributed by atoms with Crippen LogP contribution in [-0.4, -0.2) is 158 Å². The van der Waals surface area contributed by atoms with Gasteiger partial charge in [0.2, 0.25) is 12.2 Å². The average molecular weight is 803 g/mol. The van der Waals surface area contributed by atoms with Gasteiger partial charge in [-0.05, 0) is 53.1 Å². The number of hydrogen-bond donors (Lipinski definition) is 11. The van der Waals surface area contributed by atoms with Gasteiger partial charge in [0.1, 0.15) is 54.7 Å². The Morgan fingerprint density at radius 2 is 1.47 bits per heavy atom. The van der Waals surface area contributed by atoms with E-state index >= 15 is 0 Å². The summed E-state index contributed by atoms with van der Waals surface area (Å²) in [5.41, 5.74) is 2.52. The molecule has 0 spiro atoms. The standard InChI is InChI=1S/C38H46N2O17/c1-53-23-10-12-24(13-11-23)55-36-33(48)32(47)31(46)27(56-36)18-54-38(37(51)52)14-25(42)29(40-28(44)17-41)34(57-38)30(45)26(43)16-39-15-19-2-4-20(5-3-19)21-6-8-22(9-7-21)35(49)50/h2-13,25-27,29-34,36,39,41-43,45-48H,14-18H2,1H3,(H,40,44)(H,49,50)(H,51,52)/t25-,26+,27+,29+,30+,31-,32-,33+,34+,36+,38+/m0/s1. The summed E-state index contributed by atoms with van der Waals surface area (Å²) in [5, 5.41) is 99.3. The van der Waals surface area contributed by atoms with Gasteiger partial charge in [-0.3, -0.25) is 4.79 Å². The molecule has 2 saturated heterocycles. The Hall–Kier alpha value is -4.77. The van der Waals surface area contributed by atoms with Crippen molar-refractivity contribution in [1.29, 1.82) is 0 Å². The van der Waals surface area contributed by atoms with E-state index in [9.17, 15) is 55.2 Å². The lowest BCUT2D eigenvalue weighted by atomic mass is 9.88. The maximum Gasteiger partial charge on any atom is 0.364 e. The molecule has 0 aromatic heterocycles. The number of aliphatic hydroxyl groups excluding tert-OH is 7. The molecule has 11 atom stereocenters. The van der Waals surface area contributed by atoms with Crippen molar-refractivity contribution in [2.75, 3.05) is 26.9 Å². The summed E-state index contributed by atoms with van der Waals surface area (Å²) >= 11 is 0. The van der Waals surface area contributed by atoms with Gasteiger partial charge in [0.25, 0.3) is 5.79 Å². The molecular weight excluding hydrogens is 756 g/mol. The molecule has 19 nitrogen and oxygen atoms in total. The lowest BCUT2D eigenvalue weighted by molar-refractivity contribution is -0.331. The van der Waals surface area contributed by atoms with Crippen LogP contribution in [0.5, 0.6) is 11.5 Å². The van der Waals surface area contributed by atoms with E-state index in [1.807, 2.05) is 12.1 Å². The summed E-state index contributed by atoms with van der Waals surface area (Å²) in [6.45, 7) is -1.97. The highest BCUT2D eigenvalue weighted by Gasteiger charge is 2.57. The number of amides is 1. The van der Waals surface area contributed by atoms with Crippen LogP contribution in [0.2, 0.25) is 0 Å². The van der Waals surface area contributed by atoms with Gasteiger partial charge in [-0.25, -0.2) is 9.59 Å². The summed E-state index contributed by atoms with van der Waals surface area (Å²) in [6, 6.07) is 18.1. The lowest BCUT2D eigenvalue weighted by Crippen LogP contribution is -2.69. The first-order valence-electron chi connectivity index (χ1n) is 17.8. The third-order valence-electron chi connectivity index (χ3n) is 9.66. The van der Waals surface area contributed by atoms with E-state index in [4.69, 9.17) is 28.8 Å². The molecule has 3 aromatic rings. The second-order valence-electron chi connectivity index (χ2n) is 13.6. The van der Waals surface area contributed by atoms with Crippen LogP contribution < -0.4 is 20.1 Å². The Balaban J connectivity index is 1.25. The Labute approximate surface area is 325 Å². The molecule has 3 aromatic carbocycles. The van der Waals surface area contributed by atoms with Crippen molar-refractivity contribution >= 4 is 17.8 Å². The van der Waals surface area contributed by atoms with E-state index in [2.05, 4.69) is 10.6 Å². The number of hydrogen-bond acceptors (Lipinski definition) is 16. The largest absolute Gasteiger partial charge is 0.497 e. The molecule has 11 N–H and O–H groups in total. The molecule has 0 radical (unpaired) electrons. The number of ether oxygens (including phenoxy) is 5. The van der Waals surface area contributed by atoms with E-state index in [-0.39, 0.29) is 24.4 Å². The molecule has 19 heteroatoms. The summed E-state index contributed by atoms with van der Waals surface area (Å²) in [4.78, 5) is 36.1. The number of carboxylic acids is 2. The molecule has 310 valence electrons. The highest BCUT2D eigenvalue weighted by atomic mass is 16.7. The predicted octanol–water partition coefficient (Wildman–Crippen LogP) is -1.82. The predicted molar refractivity (Wildman–Crippen MR) is 194 cm³/mol. The molecule has 2 aliphatic rings. The van der Waals surface area contributed by atoms with Crippen molar-refractivity contribution in [3.8, 4) is 22.6 Å². The van der Waals surface area contributed by atoms with E-state index in [1.165, 1.54) is 31.4 Å². The molecule has 0 aliphatic carbocycles. The summed E-state index contributed by atoms with van der Waals surface area (Å²) in [5.74, 6) is -5.96. The van der Waals surface area contributed by atoms with Gasteiger partial charge in [-0.2, -0.15) is 0 Å². The van der Waals surface area contributed by atoms with Gasteiger partial charge in [-0.15, -0.1) is 0 Å². The number of nitrogens with one attached hydrogen (secondary N) is 2. The summed E-state index contributed by atoms with van der Waals surface area (Å²) in [7, 11) is 1.46. The third kappa shape index (κ3) is 10.4. The second kappa shape index (κ2) is 19.1. The number of carboxylic acid groups (broad SMARTS) is 2. The van der Waals surface area contributed by atoms with Crippen LogP contribution in [-0.2, 0) is 30.3 Å². The number of carbonyl (C=O) groups excluding carboxylic acids is 1. The average Bonchev–Trinajstić information content (AvgIpc) is 3.21. The van der Waals surface area contributed by atoms with Crippen LogP contribution in [0.1, 0.15) is 22.3 Å². The zero-order chi connectivity index (χ0) is 41.4. The highest BCUT2D eigenvalue weighted by Crippen LogP contribution is 2.35. The van der Waals surface area contributed by atoms with Crippen LogP contribution in [0.3, 0.4) is 0 Å². The number of aliphatic hydroxyl groups is 7. The first-order valence-corrected chi connectivity index (χ1v) is 17.8. The minimum Gasteiger partial charge on any atom is -0.497 e. The number of carbonyl (C=O) groups is 3. The van der Waals surface area contributed by atoms with Crippen LogP contribution in [0.15, 0.2) is 72.8 Å². The van der Waals surface area contributed by atoms with Gasteiger partial charge in [0.15, 0.2) is 0 Å². The topological polar surface area (TPSA) is 303 Å². The van der Waals surface area contributed by atoms with E-state index in [1.54, 1.807) is 36.4 Å². The number of methoxy groups -OCH3 is 1. The molecule has 2 heterocycles. The fourth-order valence-electron chi connectivity index (χ4n) is 6.43. The van der Waals surface area contributed by atoms with E-state index < -0.39 is 104 Å². The van der Waals surface area contributed by atoms with Crippen molar-refractivity contribution in [3.05, 3.63) is 83.9 Å². The molecule has 0 bridgehead atoms. The SMILES string of the molecule is COc1ccc(O[C@@H]2O[C@H](CO[C@]3(C(=O)O)C[C@H](O)[C@@H](NC(=O)CO)[C@H]([C@H](O)[C@H](O)CNCc4ccc(-c5ccc(C(=O)O)cc5)cc4)O3)[C@H](O)[C@H](O)[C@H]2O)cc1. The minimum absolute atomic E-state index is 0.151. The van der Waals surface area contributed by atoms with E-state index in [0.29, 0.717) is 5.75 Å². The normalized spacial score (nSPS) is 28.5. The molecule has 0 unspecified atom stereocenters. The van der Waals surface area contributed by atoms with Gasteiger partial charge in [0, 0.05) is 19.5 Å². The third-order valence-corrected chi connectivity index (χ3v) is 9.66. The minimum atomic E-state index is -2.79. The Morgan fingerprint density at radius 3 is 2.05 bits per heavy atom.